The molecule has 1 N–H and O–H groups in total. The van der Waals surface area contributed by atoms with Crippen LogP contribution in [0.2, 0.25) is 0 Å². The van der Waals surface area contributed by atoms with Crippen LogP contribution >= 0.6 is 0 Å². The highest BCUT2D eigenvalue weighted by Gasteiger charge is 2.24. The topological polar surface area (TPSA) is 51.5 Å². The fourth-order valence-electron chi connectivity index (χ4n) is 2.99. The number of rotatable bonds is 4. The van der Waals surface area contributed by atoms with Gasteiger partial charge in [0, 0.05) is 28.0 Å². The molecule has 0 radical (unpaired) electrons. The zero-order valence-electron chi connectivity index (χ0n) is 13.8. The van der Waals surface area contributed by atoms with Crippen LogP contribution in [0.25, 0.3) is 22.8 Å². The molecule has 1 aliphatic heterocycles. The molecule has 2 heterocycles. The molecule has 2 aromatic carbocycles. The number of furan rings is 1. The molecule has 4 heteroatoms. The molecular weight excluding hydrogens is 314 g/mol. The highest BCUT2D eigenvalue weighted by molar-refractivity contribution is 6.35. The van der Waals surface area contributed by atoms with Crippen LogP contribution in [0, 0.1) is 0 Å². The molecule has 0 bridgehead atoms. The number of carbonyl (C=O) groups is 1. The molecule has 0 saturated heterocycles. The normalized spacial score (nSPS) is 14.4. The Kier molecular flexibility index (Phi) is 3.86. The molecular formula is C21H17NO3. The highest BCUT2D eigenvalue weighted by atomic mass is 16.5. The molecule has 1 amide bonds. The third-order valence-corrected chi connectivity index (χ3v) is 4.18. The van der Waals surface area contributed by atoms with Gasteiger partial charge in [0.25, 0.3) is 5.91 Å². The van der Waals surface area contributed by atoms with Crippen molar-refractivity contribution in [2.75, 3.05) is 11.9 Å². The van der Waals surface area contributed by atoms with Crippen LogP contribution in [0.4, 0.5) is 5.69 Å². The molecule has 0 unspecified atom stereocenters. The van der Waals surface area contributed by atoms with Crippen molar-refractivity contribution >= 4 is 23.2 Å². The van der Waals surface area contributed by atoms with Gasteiger partial charge in [0.2, 0.25) is 0 Å². The van der Waals surface area contributed by atoms with Crippen LogP contribution < -0.4 is 10.1 Å². The average Bonchev–Trinajstić information content (AvgIpc) is 3.25. The first-order chi connectivity index (χ1) is 12.3. The van der Waals surface area contributed by atoms with Crippen LogP contribution in [-0.4, -0.2) is 12.5 Å². The third kappa shape index (κ3) is 2.83. The molecule has 0 spiro atoms. The van der Waals surface area contributed by atoms with Crippen LogP contribution in [0.15, 0.2) is 65.5 Å². The van der Waals surface area contributed by atoms with Gasteiger partial charge in [-0.3, -0.25) is 4.79 Å². The molecule has 1 aliphatic rings. The smallest absolute Gasteiger partial charge is 0.256 e. The Hall–Kier alpha value is -3.27. The minimum Gasteiger partial charge on any atom is -0.493 e. The first kappa shape index (κ1) is 15.3. The van der Waals surface area contributed by atoms with Crippen molar-refractivity contribution in [1.29, 1.82) is 0 Å². The van der Waals surface area contributed by atoms with Gasteiger partial charge in [0.15, 0.2) is 0 Å². The monoisotopic (exact) mass is 331 g/mol. The first-order valence-electron chi connectivity index (χ1n) is 8.18. The second kappa shape index (κ2) is 6.32. The van der Waals surface area contributed by atoms with Crippen molar-refractivity contribution in [1.82, 2.24) is 0 Å². The van der Waals surface area contributed by atoms with E-state index in [2.05, 4.69) is 5.32 Å². The predicted octanol–water partition coefficient (Wildman–Crippen LogP) is 4.84. The number of amides is 1. The summed E-state index contributed by atoms with van der Waals surface area (Å²) in [7, 11) is 0. The fourth-order valence-corrected chi connectivity index (χ4v) is 2.99. The number of ether oxygens (including phenoxy) is 1. The summed E-state index contributed by atoms with van der Waals surface area (Å²) in [5.41, 5.74) is 5.22. The number of hydrogen-bond donors (Lipinski definition) is 1. The van der Waals surface area contributed by atoms with E-state index in [1.54, 1.807) is 12.5 Å². The Bertz CT molecular complexity index is 955. The number of benzene rings is 2. The maximum atomic E-state index is 12.5. The van der Waals surface area contributed by atoms with Gasteiger partial charge >= 0.3 is 0 Å². The fraction of sp³-hybridized carbons (Fsp3) is 0.0952. The molecule has 0 aliphatic carbocycles. The molecule has 0 saturated carbocycles. The molecule has 25 heavy (non-hydrogen) atoms. The second-order valence-electron chi connectivity index (χ2n) is 5.76. The van der Waals surface area contributed by atoms with Crippen molar-refractivity contribution in [3.63, 3.8) is 0 Å². The van der Waals surface area contributed by atoms with Gasteiger partial charge in [-0.1, -0.05) is 30.3 Å². The molecule has 0 atom stereocenters. The number of carbonyl (C=O) groups excluding carboxylic acids is 1. The van der Waals surface area contributed by atoms with Crippen LogP contribution in [-0.2, 0) is 4.79 Å². The van der Waals surface area contributed by atoms with Gasteiger partial charge in [-0.15, -0.1) is 0 Å². The van der Waals surface area contributed by atoms with Crippen molar-refractivity contribution in [3.05, 3.63) is 72.2 Å². The molecule has 4 rings (SSSR count). The Morgan fingerprint density at radius 1 is 1.12 bits per heavy atom. The zero-order chi connectivity index (χ0) is 17.2. The predicted molar refractivity (Wildman–Crippen MR) is 98.3 cm³/mol. The van der Waals surface area contributed by atoms with E-state index in [-0.39, 0.29) is 5.91 Å². The summed E-state index contributed by atoms with van der Waals surface area (Å²) in [5, 5.41) is 2.94. The Morgan fingerprint density at radius 2 is 2.00 bits per heavy atom. The molecule has 0 fully saturated rings. The lowest BCUT2D eigenvalue weighted by Crippen LogP contribution is -2.03. The van der Waals surface area contributed by atoms with E-state index in [4.69, 9.17) is 9.15 Å². The lowest BCUT2D eigenvalue weighted by atomic mass is 10.0. The van der Waals surface area contributed by atoms with Crippen LogP contribution in [0.5, 0.6) is 5.75 Å². The number of anilines is 1. The second-order valence-corrected chi connectivity index (χ2v) is 5.76. The van der Waals surface area contributed by atoms with E-state index in [0.29, 0.717) is 12.2 Å². The Morgan fingerprint density at radius 3 is 2.80 bits per heavy atom. The summed E-state index contributed by atoms with van der Waals surface area (Å²) in [6, 6.07) is 15.5. The van der Waals surface area contributed by atoms with E-state index >= 15 is 0 Å². The number of hydrogen-bond acceptors (Lipinski definition) is 3. The van der Waals surface area contributed by atoms with Crippen LogP contribution in [0.1, 0.15) is 18.1 Å². The maximum absolute atomic E-state index is 12.5. The quantitative estimate of drug-likeness (QED) is 0.696. The zero-order valence-corrected chi connectivity index (χ0v) is 13.8. The number of nitrogens with one attached hydrogen (secondary N) is 1. The first-order valence-corrected chi connectivity index (χ1v) is 8.18. The van der Waals surface area contributed by atoms with Gasteiger partial charge < -0.3 is 14.5 Å². The largest absolute Gasteiger partial charge is 0.493 e. The summed E-state index contributed by atoms with van der Waals surface area (Å²) in [4.78, 5) is 12.5. The Labute approximate surface area is 145 Å². The third-order valence-electron chi connectivity index (χ3n) is 4.18. The number of fused-ring (bicyclic) bond motifs is 1. The summed E-state index contributed by atoms with van der Waals surface area (Å²) >= 11 is 0. The van der Waals surface area contributed by atoms with Crippen molar-refractivity contribution in [2.24, 2.45) is 0 Å². The summed E-state index contributed by atoms with van der Waals surface area (Å²) < 4.78 is 10.8. The lowest BCUT2D eigenvalue weighted by Gasteiger charge is -2.07. The van der Waals surface area contributed by atoms with Crippen molar-refractivity contribution < 1.29 is 13.9 Å². The van der Waals surface area contributed by atoms with Gasteiger partial charge in [-0.05, 0) is 36.8 Å². The molecule has 4 nitrogen and oxygen atoms in total. The molecule has 1 aromatic heterocycles. The van der Waals surface area contributed by atoms with Gasteiger partial charge in [-0.25, -0.2) is 0 Å². The Balaban J connectivity index is 1.75. The summed E-state index contributed by atoms with van der Waals surface area (Å²) in [5.74, 6) is 0.666. The van der Waals surface area contributed by atoms with Crippen molar-refractivity contribution in [3.8, 4) is 16.9 Å². The van der Waals surface area contributed by atoms with E-state index in [9.17, 15) is 4.79 Å². The number of para-hydroxylation sites is 1. The van der Waals surface area contributed by atoms with Gasteiger partial charge in [-0.2, -0.15) is 0 Å². The van der Waals surface area contributed by atoms with Crippen molar-refractivity contribution in [2.45, 2.75) is 6.92 Å². The molecule has 3 aromatic rings. The summed E-state index contributed by atoms with van der Waals surface area (Å²) in [6.07, 6.45) is 5.20. The average molecular weight is 331 g/mol. The molecule has 124 valence electrons. The maximum Gasteiger partial charge on any atom is 0.256 e. The minimum atomic E-state index is -0.106. The SMILES string of the molecule is CCOc1ccccc1C=C1C(=O)Nc2cc(-c3ccoc3)ccc21. The van der Waals surface area contributed by atoms with E-state index < -0.39 is 0 Å². The van der Waals surface area contributed by atoms with Gasteiger partial charge in [0.05, 0.1) is 19.1 Å². The van der Waals surface area contributed by atoms with E-state index in [0.717, 1.165) is 33.7 Å². The minimum absolute atomic E-state index is 0.106. The lowest BCUT2D eigenvalue weighted by molar-refractivity contribution is -0.110. The van der Waals surface area contributed by atoms with Gasteiger partial charge in [0.1, 0.15) is 5.75 Å². The highest BCUT2D eigenvalue weighted by Crippen LogP contribution is 2.37. The van der Waals surface area contributed by atoms with E-state index in [1.165, 1.54) is 0 Å². The van der Waals surface area contributed by atoms with E-state index in [1.807, 2.05) is 61.5 Å². The van der Waals surface area contributed by atoms with Crippen LogP contribution in [0.3, 0.4) is 0 Å². The summed E-state index contributed by atoms with van der Waals surface area (Å²) in [6.45, 7) is 2.52. The standard InChI is InChI=1S/C21H17NO3/c1-2-25-20-6-4-3-5-15(20)11-18-17-8-7-14(16-9-10-24-13-16)12-19(17)22-21(18)23/h3-13H,2H2,1H3,(H,22,23).